The van der Waals surface area contributed by atoms with Gasteiger partial charge in [0.15, 0.2) is 0 Å². The molecule has 0 bridgehead atoms. The fourth-order valence-electron chi connectivity index (χ4n) is 2.31. The first-order valence-corrected chi connectivity index (χ1v) is 8.42. The van der Waals surface area contributed by atoms with E-state index in [-0.39, 0.29) is 24.8 Å². The molecule has 0 spiro atoms. The molecule has 0 aliphatic rings. The molecule has 2 rings (SSSR count). The predicted octanol–water partition coefficient (Wildman–Crippen LogP) is 2.20. The highest BCUT2D eigenvalue weighted by atomic mass is 19.1. The lowest BCUT2D eigenvalue weighted by atomic mass is 10.1. The predicted molar refractivity (Wildman–Crippen MR) is 96.8 cm³/mol. The van der Waals surface area contributed by atoms with Gasteiger partial charge in [0, 0.05) is 6.42 Å². The molecule has 2 aromatic rings. The van der Waals surface area contributed by atoms with E-state index in [1.807, 2.05) is 30.3 Å². The number of ether oxygens (including phenoxy) is 1. The molecule has 5 nitrogen and oxygen atoms in total. The number of amides is 1. The standard InChI is InChI=1S/C20H23FN2O3/c1-14(22-2)19(24)23-18(12-15-8-10-17(21)11-9-15)20(25)26-13-16-6-4-3-5-7-16/h3-11,14,18,22H,12-13H2,1-2H3,(H,23,24)/t14-,18-/m1/s1. The number of carbonyl (C=O) groups is 2. The molecule has 0 radical (unpaired) electrons. The summed E-state index contributed by atoms with van der Waals surface area (Å²) in [5, 5.41) is 5.52. The molecule has 2 aromatic carbocycles. The van der Waals surface area contributed by atoms with Gasteiger partial charge in [0.25, 0.3) is 0 Å². The number of likely N-dealkylation sites (N-methyl/N-ethyl adjacent to an activating group) is 1. The van der Waals surface area contributed by atoms with Crippen LogP contribution in [0.25, 0.3) is 0 Å². The molecule has 6 heteroatoms. The maximum absolute atomic E-state index is 13.1. The van der Waals surface area contributed by atoms with Gasteiger partial charge in [-0.15, -0.1) is 0 Å². The van der Waals surface area contributed by atoms with E-state index in [2.05, 4.69) is 10.6 Å². The molecule has 0 aliphatic heterocycles. The molecule has 0 unspecified atom stereocenters. The van der Waals surface area contributed by atoms with Crippen LogP contribution in [-0.4, -0.2) is 31.0 Å². The molecule has 0 fully saturated rings. The van der Waals surface area contributed by atoms with E-state index in [1.54, 1.807) is 26.1 Å². The van der Waals surface area contributed by atoms with Crippen molar-refractivity contribution in [2.75, 3.05) is 7.05 Å². The fourth-order valence-corrected chi connectivity index (χ4v) is 2.31. The maximum Gasteiger partial charge on any atom is 0.329 e. The third-order valence-electron chi connectivity index (χ3n) is 4.00. The second-order valence-electron chi connectivity index (χ2n) is 6.00. The Kier molecular flexibility index (Phi) is 7.29. The quantitative estimate of drug-likeness (QED) is 0.710. The summed E-state index contributed by atoms with van der Waals surface area (Å²) in [4.78, 5) is 24.7. The molecule has 0 saturated carbocycles. The minimum absolute atomic E-state index is 0.122. The van der Waals surface area contributed by atoms with Crippen LogP contribution in [0.5, 0.6) is 0 Å². The van der Waals surface area contributed by atoms with Gasteiger partial charge in [0.2, 0.25) is 5.91 Å². The van der Waals surface area contributed by atoms with Crippen LogP contribution in [0.4, 0.5) is 4.39 Å². The summed E-state index contributed by atoms with van der Waals surface area (Å²) in [7, 11) is 1.66. The van der Waals surface area contributed by atoms with Gasteiger partial charge in [-0.2, -0.15) is 0 Å². The average Bonchev–Trinajstić information content (AvgIpc) is 2.67. The first-order chi connectivity index (χ1) is 12.5. The van der Waals surface area contributed by atoms with Crippen molar-refractivity contribution in [2.45, 2.75) is 32.0 Å². The molecule has 0 aromatic heterocycles. The van der Waals surface area contributed by atoms with Crippen molar-refractivity contribution in [1.82, 2.24) is 10.6 Å². The van der Waals surface area contributed by atoms with Crippen LogP contribution in [0.3, 0.4) is 0 Å². The lowest BCUT2D eigenvalue weighted by Gasteiger charge is -2.20. The summed E-state index contributed by atoms with van der Waals surface area (Å²) in [6.07, 6.45) is 0.218. The summed E-state index contributed by atoms with van der Waals surface area (Å²) in [6.45, 7) is 1.82. The minimum atomic E-state index is -0.854. The number of rotatable bonds is 8. The number of halogens is 1. The molecule has 0 aliphatic carbocycles. The summed E-state index contributed by atoms with van der Waals surface area (Å²) in [5.41, 5.74) is 1.58. The summed E-state index contributed by atoms with van der Waals surface area (Å²) in [5.74, 6) is -1.20. The van der Waals surface area contributed by atoms with Gasteiger partial charge in [-0.25, -0.2) is 9.18 Å². The number of hydrogen-bond acceptors (Lipinski definition) is 4. The normalized spacial score (nSPS) is 12.9. The monoisotopic (exact) mass is 358 g/mol. The van der Waals surface area contributed by atoms with Gasteiger partial charge < -0.3 is 15.4 Å². The zero-order chi connectivity index (χ0) is 18.9. The van der Waals surface area contributed by atoms with Crippen molar-refractivity contribution >= 4 is 11.9 Å². The number of nitrogens with one attached hydrogen (secondary N) is 2. The van der Waals surface area contributed by atoms with Crippen LogP contribution in [0.2, 0.25) is 0 Å². The first-order valence-electron chi connectivity index (χ1n) is 8.42. The molecule has 2 N–H and O–H groups in total. The Bertz CT molecular complexity index is 720. The van der Waals surface area contributed by atoms with Gasteiger partial charge in [-0.3, -0.25) is 4.79 Å². The Hall–Kier alpha value is -2.73. The summed E-state index contributed by atoms with van der Waals surface area (Å²) < 4.78 is 18.4. The zero-order valence-electron chi connectivity index (χ0n) is 14.9. The lowest BCUT2D eigenvalue weighted by Crippen LogP contribution is -2.49. The van der Waals surface area contributed by atoms with Crippen LogP contribution in [0.15, 0.2) is 54.6 Å². The minimum Gasteiger partial charge on any atom is -0.459 e. The zero-order valence-corrected chi connectivity index (χ0v) is 14.9. The second kappa shape index (κ2) is 9.68. The molecule has 0 saturated heterocycles. The Morgan fingerprint density at radius 1 is 1.04 bits per heavy atom. The molecule has 0 heterocycles. The molecular formula is C20H23FN2O3. The molecule has 138 valence electrons. The summed E-state index contributed by atoms with van der Waals surface area (Å²) in [6, 6.07) is 13.8. The van der Waals surface area contributed by atoms with Crippen molar-refractivity contribution in [3.05, 3.63) is 71.5 Å². The van der Waals surface area contributed by atoms with Crippen molar-refractivity contribution < 1.29 is 18.7 Å². The highest BCUT2D eigenvalue weighted by Gasteiger charge is 2.24. The Labute approximate surface area is 152 Å². The van der Waals surface area contributed by atoms with E-state index in [0.717, 1.165) is 11.1 Å². The van der Waals surface area contributed by atoms with Crippen molar-refractivity contribution in [3.63, 3.8) is 0 Å². The van der Waals surface area contributed by atoms with E-state index >= 15 is 0 Å². The van der Waals surface area contributed by atoms with Crippen LogP contribution >= 0.6 is 0 Å². The number of benzene rings is 2. The average molecular weight is 358 g/mol. The van der Waals surface area contributed by atoms with Gasteiger partial charge >= 0.3 is 5.97 Å². The van der Waals surface area contributed by atoms with Crippen LogP contribution in [0.1, 0.15) is 18.1 Å². The van der Waals surface area contributed by atoms with E-state index in [1.165, 1.54) is 12.1 Å². The summed E-state index contributed by atoms with van der Waals surface area (Å²) >= 11 is 0. The fraction of sp³-hybridized carbons (Fsp3) is 0.300. The van der Waals surface area contributed by atoms with E-state index in [0.29, 0.717) is 0 Å². The Morgan fingerprint density at radius 3 is 2.31 bits per heavy atom. The van der Waals surface area contributed by atoms with E-state index in [4.69, 9.17) is 4.74 Å². The number of carbonyl (C=O) groups excluding carboxylic acids is 2. The van der Waals surface area contributed by atoms with Gasteiger partial charge in [-0.1, -0.05) is 42.5 Å². The van der Waals surface area contributed by atoms with Crippen LogP contribution in [-0.2, 0) is 27.4 Å². The lowest BCUT2D eigenvalue weighted by molar-refractivity contribution is -0.149. The number of hydrogen-bond donors (Lipinski definition) is 2. The molecule has 26 heavy (non-hydrogen) atoms. The van der Waals surface area contributed by atoms with Gasteiger partial charge in [0.05, 0.1) is 6.04 Å². The highest BCUT2D eigenvalue weighted by Crippen LogP contribution is 2.09. The smallest absolute Gasteiger partial charge is 0.329 e. The SMILES string of the molecule is CN[C@H](C)C(=O)N[C@H](Cc1ccc(F)cc1)C(=O)OCc1ccccc1. The van der Waals surface area contributed by atoms with Gasteiger partial charge in [-0.05, 0) is 37.2 Å². The molecular weight excluding hydrogens is 335 g/mol. The van der Waals surface area contributed by atoms with Crippen molar-refractivity contribution in [3.8, 4) is 0 Å². The van der Waals surface area contributed by atoms with Crippen molar-refractivity contribution in [2.24, 2.45) is 0 Å². The highest BCUT2D eigenvalue weighted by molar-refractivity contribution is 5.87. The third-order valence-corrected chi connectivity index (χ3v) is 4.00. The van der Waals surface area contributed by atoms with Gasteiger partial charge in [0.1, 0.15) is 18.5 Å². The topological polar surface area (TPSA) is 67.4 Å². The second-order valence-corrected chi connectivity index (χ2v) is 6.00. The maximum atomic E-state index is 13.1. The first kappa shape index (κ1) is 19.6. The molecule has 2 atom stereocenters. The Balaban J connectivity index is 2.06. The van der Waals surface area contributed by atoms with E-state index in [9.17, 15) is 14.0 Å². The Morgan fingerprint density at radius 2 is 1.69 bits per heavy atom. The van der Waals surface area contributed by atoms with Crippen LogP contribution < -0.4 is 10.6 Å². The molecule has 1 amide bonds. The third kappa shape index (κ3) is 5.97. The van der Waals surface area contributed by atoms with E-state index < -0.39 is 18.1 Å². The number of esters is 1. The van der Waals surface area contributed by atoms with Crippen molar-refractivity contribution in [1.29, 1.82) is 0 Å². The van der Waals surface area contributed by atoms with Crippen LogP contribution in [0, 0.1) is 5.82 Å². The largest absolute Gasteiger partial charge is 0.459 e.